The molecule has 7 nitrogen and oxygen atoms in total. The van der Waals surface area contributed by atoms with E-state index in [9.17, 15) is 4.79 Å². The van der Waals surface area contributed by atoms with Crippen LogP contribution in [0, 0.1) is 6.92 Å². The smallest absolute Gasteiger partial charge is 0.275 e. The van der Waals surface area contributed by atoms with Crippen molar-refractivity contribution in [1.82, 2.24) is 4.98 Å². The van der Waals surface area contributed by atoms with Crippen molar-refractivity contribution in [3.05, 3.63) is 47.0 Å². The van der Waals surface area contributed by atoms with Crippen molar-refractivity contribution in [2.24, 2.45) is 0 Å². The lowest BCUT2D eigenvalue weighted by Gasteiger charge is -2.13. The minimum absolute atomic E-state index is 0.303. The van der Waals surface area contributed by atoms with Crippen molar-refractivity contribution in [3.8, 4) is 33.6 Å². The van der Waals surface area contributed by atoms with Crippen LogP contribution >= 0.6 is 11.3 Å². The molecule has 3 rings (SSSR count). The molecule has 1 amide bonds. The Kier molecular flexibility index (Phi) is 6.23. The Bertz CT molecular complexity index is 1030. The third-order valence-corrected chi connectivity index (χ3v) is 5.24. The molecule has 0 aliphatic heterocycles. The van der Waals surface area contributed by atoms with Gasteiger partial charge in [-0.15, -0.1) is 11.3 Å². The first-order valence-electron chi connectivity index (χ1n) is 8.72. The van der Waals surface area contributed by atoms with E-state index >= 15 is 0 Å². The summed E-state index contributed by atoms with van der Waals surface area (Å²) in [5, 5.41) is 5.31. The summed E-state index contributed by atoms with van der Waals surface area (Å²) in [5.41, 5.74) is 2.66. The Balaban J connectivity index is 1.83. The topological polar surface area (TPSA) is 78.9 Å². The van der Waals surface area contributed by atoms with Crippen LogP contribution in [0.3, 0.4) is 0 Å². The van der Waals surface area contributed by atoms with E-state index in [1.165, 1.54) is 11.3 Å². The summed E-state index contributed by atoms with van der Waals surface area (Å²) in [5.74, 6) is 2.08. The first-order chi connectivity index (χ1) is 14.0. The van der Waals surface area contributed by atoms with Gasteiger partial charge in [0.05, 0.1) is 28.4 Å². The standard InChI is InChI=1S/C21H22N2O5S/c1-12-8-17(26-3)19(28-5)10-14(12)22-20(24)15-11-29-21(23-15)13-6-7-16(25-2)18(9-13)27-4/h6-11H,1-5H3,(H,22,24). The van der Waals surface area contributed by atoms with Crippen molar-refractivity contribution in [2.75, 3.05) is 33.8 Å². The fraction of sp³-hybridized carbons (Fsp3) is 0.238. The van der Waals surface area contributed by atoms with Gasteiger partial charge < -0.3 is 24.3 Å². The van der Waals surface area contributed by atoms with Gasteiger partial charge in [0.15, 0.2) is 23.0 Å². The van der Waals surface area contributed by atoms with Gasteiger partial charge in [-0.1, -0.05) is 0 Å². The molecule has 2 aromatic carbocycles. The Labute approximate surface area is 173 Å². The van der Waals surface area contributed by atoms with Crippen molar-refractivity contribution < 1.29 is 23.7 Å². The van der Waals surface area contributed by atoms with Crippen molar-refractivity contribution in [1.29, 1.82) is 0 Å². The quantitative estimate of drug-likeness (QED) is 0.617. The molecule has 0 aliphatic rings. The van der Waals surface area contributed by atoms with Crippen LogP contribution in [0.2, 0.25) is 0 Å². The minimum Gasteiger partial charge on any atom is -0.493 e. The molecule has 0 bridgehead atoms. The largest absolute Gasteiger partial charge is 0.493 e. The number of aryl methyl sites for hydroxylation is 1. The average Bonchev–Trinajstić information content (AvgIpc) is 3.24. The second-order valence-electron chi connectivity index (χ2n) is 6.08. The number of anilines is 1. The third-order valence-electron chi connectivity index (χ3n) is 4.35. The Morgan fingerprint density at radius 1 is 0.897 bits per heavy atom. The molecule has 1 aromatic heterocycles. The van der Waals surface area contributed by atoms with Crippen molar-refractivity contribution in [3.63, 3.8) is 0 Å². The fourth-order valence-electron chi connectivity index (χ4n) is 2.78. The van der Waals surface area contributed by atoms with E-state index in [2.05, 4.69) is 10.3 Å². The number of carbonyl (C=O) groups excluding carboxylic acids is 1. The lowest BCUT2D eigenvalue weighted by Crippen LogP contribution is -2.13. The van der Waals surface area contributed by atoms with E-state index in [0.29, 0.717) is 39.4 Å². The summed E-state index contributed by atoms with van der Waals surface area (Å²) in [6.07, 6.45) is 0. The van der Waals surface area contributed by atoms with E-state index in [-0.39, 0.29) is 5.91 Å². The maximum Gasteiger partial charge on any atom is 0.275 e. The summed E-state index contributed by atoms with van der Waals surface area (Å²) < 4.78 is 21.2. The second-order valence-corrected chi connectivity index (χ2v) is 6.94. The molecule has 0 radical (unpaired) electrons. The molecule has 0 fully saturated rings. The molecule has 0 unspecified atom stereocenters. The Hall–Kier alpha value is -3.26. The number of ether oxygens (including phenoxy) is 4. The lowest BCUT2D eigenvalue weighted by molar-refractivity contribution is 0.102. The van der Waals surface area contributed by atoms with Crippen molar-refractivity contribution >= 4 is 22.9 Å². The van der Waals surface area contributed by atoms with E-state index < -0.39 is 0 Å². The lowest BCUT2D eigenvalue weighted by atomic mass is 10.1. The molecule has 29 heavy (non-hydrogen) atoms. The highest BCUT2D eigenvalue weighted by Crippen LogP contribution is 2.35. The van der Waals surface area contributed by atoms with Crippen LogP contribution in [0.5, 0.6) is 23.0 Å². The van der Waals surface area contributed by atoms with Gasteiger partial charge in [-0.05, 0) is 36.8 Å². The van der Waals surface area contributed by atoms with Crippen molar-refractivity contribution in [2.45, 2.75) is 6.92 Å². The van der Waals surface area contributed by atoms with Gasteiger partial charge in [0.2, 0.25) is 0 Å². The Morgan fingerprint density at radius 2 is 1.52 bits per heavy atom. The molecule has 0 saturated carbocycles. The fourth-order valence-corrected chi connectivity index (χ4v) is 3.58. The highest BCUT2D eigenvalue weighted by molar-refractivity contribution is 7.13. The highest BCUT2D eigenvalue weighted by Gasteiger charge is 2.16. The number of hydrogen-bond acceptors (Lipinski definition) is 7. The number of carbonyl (C=O) groups is 1. The van der Waals surface area contributed by atoms with Crippen LogP contribution in [0.15, 0.2) is 35.7 Å². The predicted octanol–water partition coefficient (Wildman–Crippen LogP) is 4.41. The van der Waals surface area contributed by atoms with Gasteiger partial charge in [-0.25, -0.2) is 4.98 Å². The van der Waals surface area contributed by atoms with Crippen LogP contribution in [0.1, 0.15) is 16.1 Å². The second kappa shape index (κ2) is 8.83. The molecular formula is C21H22N2O5S. The number of nitrogens with zero attached hydrogens (tertiary/aromatic N) is 1. The zero-order chi connectivity index (χ0) is 21.0. The average molecular weight is 414 g/mol. The zero-order valence-electron chi connectivity index (χ0n) is 16.9. The van der Waals surface area contributed by atoms with E-state index in [1.54, 1.807) is 39.9 Å². The normalized spacial score (nSPS) is 10.4. The first kappa shape index (κ1) is 20.5. The zero-order valence-corrected chi connectivity index (χ0v) is 17.7. The molecule has 1 heterocycles. The molecular weight excluding hydrogens is 392 g/mol. The van der Waals surface area contributed by atoms with E-state index in [0.717, 1.165) is 11.1 Å². The third kappa shape index (κ3) is 4.27. The first-order valence-corrected chi connectivity index (χ1v) is 9.60. The van der Waals surface area contributed by atoms with Crippen LogP contribution in [-0.2, 0) is 0 Å². The van der Waals surface area contributed by atoms with Gasteiger partial charge in [-0.3, -0.25) is 4.79 Å². The van der Waals surface area contributed by atoms with Crippen LogP contribution in [0.4, 0.5) is 5.69 Å². The summed E-state index contributed by atoms with van der Waals surface area (Å²) in [6.45, 7) is 1.88. The maximum absolute atomic E-state index is 12.7. The van der Waals surface area contributed by atoms with Gasteiger partial charge >= 0.3 is 0 Å². The summed E-state index contributed by atoms with van der Waals surface area (Å²) in [4.78, 5) is 17.2. The summed E-state index contributed by atoms with van der Waals surface area (Å²) in [7, 11) is 6.28. The Morgan fingerprint density at radius 3 is 2.17 bits per heavy atom. The van der Waals surface area contributed by atoms with E-state index in [4.69, 9.17) is 18.9 Å². The maximum atomic E-state index is 12.7. The molecule has 0 aliphatic carbocycles. The predicted molar refractivity (Wildman–Crippen MR) is 113 cm³/mol. The van der Waals surface area contributed by atoms with Crippen LogP contribution in [-0.4, -0.2) is 39.3 Å². The number of aromatic nitrogens is 1. The molecule has 152 valence electrons. The number of thiazole rings is 1. The number of benzene rings is 2. The SMILES string of the molecule is COc1ccc(-c2nc(C(=O)Nc3cc(OC)c(OC)cc3C)cs2)cc1OC. The number of amides is 1. The monoisotopic (exact) mass is 414 g/mol. The van der Waals surface area contributed by atoms with Gasteiger partial charge in [0, 0.05) is 22.7 Å². The molecule has 8 heteroatoms. The number of hydrogen-bond donors (Lipinski definition) is 1. The summed E-state index contributed by atoms with van der Waals surface area (Å²) >= 11 is 1.38. The number of nitrogens with one attached hydrogen (secondary N) is 1. The molecule has 0 atom stereocenters. The number of methoxy groups -OCH3 is 4. The van der Waals surface area contributed by atoms with Crippen LogP contribution in [0.25, 0.3) is 10.6 Å². The number of rotatable bonds is 7. The molecule has 0 saturated heterocycles. The van der Waals surface area contributed by atoms with Crippen LogP contribution < -0.4 is 24.3 Å². The summed E-state index contributed by atoms with van der Waals surface area (Å²) in [6, 6.07) is 9.05. The van der Waals surface area contributed by atoms with Gasteiger partial charge in [0.1, 0.15) is 10.7 Å². The van der Waals surface area contributed by atoms with Gasteiger partial charge in [0.25, 0.3) is 5.91 Å². The van der Waals surface area contributed by atoms with Gasteiger partial charge in [-0.2, -0.15) is 0 Å². The molecule has 1 N–H and O–H groups in total. The molecule has 0 spiro atoms. The minimum atomic E-state index is -0.303. The van der Waals surface area contributed by atoms with E-state index in [1.807, 2.05) is 31.2 Å². The molecule has 3 aromatic rings. The highest BCUT2D eigenvalue weighted by atomic mass is 32.1.